The number of nitrogens with zero attached hydrogens (tertiary/aromatic N) is 2. The van der Waals surface area contributed by atoms with E-state index in [0.717, 1.165) is 11.3 Å². The molecule has 0 spiro atoms. The smallest absolute Gasteiger partial charge is 0.226 e. The van der Waals surface area contributed by atoms with E-state index < -0.39 is 5.92 Å². The molecule has 29 heavy (non-hydrogen) atoms. The lowest BCUT2D eigenvalue weighted by atomic mass is 9.85. The summed E-state index contributed by atoms with van der Waals surface area (Å²) < 4.78 is 6.79. The second-order valence-corrected chi connectivity index (χ2v) is 7.15. The van der Waals surface area contributed by atoms with Crippen molar-refractivity contribution in [3.05, 3.63) is 64.8 Å². The summed E-state index contributed by atoms with van der Waals surface area (Å²) in [6, 6.07) is 12.2. The van der Waals surface area contributed by atoms with Crippen LogP contribution in [0.2, 0.25) is 0 Å². The van der Waals surface area contributed by atoms with Gasteiger partial charge in [0.25, 0.3) is 0 Å². The minimum absolute atomic E-state index is 0.0371. The zero-order valence-corrected chi connectivity index (χ0v) is 16.4. The van der Waals surface area contributed by atoms with E-state index in [1.165, 1.54) is 25.3 Å². The van der Waals surface area contributed by atoms with Gasteiger partial charge in [-0.15, -0.1) is 0 Å². The minimum Gasteiger partial charge on any atom is -0.504 e. The maximum absolute atomic E-state index is 13.3. The number of rotatable bonds is 4. The predicted molar refractivity (Wildman–Crippen MR) is 108 cm³/mol. The summed E-state index contributed by atoms with van der Waals surface area (Å²) in [4.78, 5) is 25.7. The van der Waals surface area contributed by atoms with Crippen molar-refractivity contribution in [2.75, 3.05) is 12.4 Å². The number of hydrogen-bond donors (Lipinski definition) is 2. The summed E-state index contributed by atoms with van der Waals surface area (Å²) in [5.74, 6) is -0.431. The summed E-state index contributed by atoms with van der Waals surface area (Å²) in [5.41, 5.74) is 3.64. The topological polar surface area (TPSA) is 93.5 Å². The van der Waals surface area contributed by atoms with Gasteiger partial charge in [-0.1, -0.05) is 12.1 Å². The molecule has 0 saturated carbocycles. The fourth-order valence-electron chi connectivity index (χ4n) is 3.75. The van der Waals surface area contributed by atoms with Crippen molar-refractivity contribution in [2.24, 2.45) is 0 Å². The maximum atomic E-state index is 13.3. The van der Waals surface area contributed by atoms with Crippen molar-refractivity contribution < 1.29 is 19.4 Å². The second-order valence-electron chi connectivity index (χ2n) is 7.15. The van der Waals surface area contributed by atoms with Crippen LogP contribution < -0.4 is 10.1 Å². The largest absolute Gasteiger partial charge is 0.504 e. The average molecular weight is 391 g/mol. The molecule has 0 saturated heterocycles. The summed E-state index contributed by atoms with van der Waals surface area (Å²) in [7, 11) is 1.42. The Hall–Kier alpha value is -3.61. The Morgan fingerprint density at radius 1 is 1.24 bits per heavy atom. The lowest BCUT2D eigenvalue weighted by Gasteiger charge is -2.23. The molecule has 2 aromatic carbocycles. The number of fused-ring (bicyclic) bond motifs is 1. The Labute approximate surface area is 167 Å². The quantitative estimate of drug-likeness (QED) is 0.664. The van der Waals surface area contributed by atoms with Gasteiger partial charge in [0.1, 0.15) is 5.82 Å². The van der Waals surface area contributed by atoms with Crippen molar-refractivity contribution in [3.8, 4) is 17.2 Å². The summed E-state index contributed by atoms with van der Waals surface area (Å²) in [6.07, 6.45) is 0.0371. The molecule has 0 bridgehead atoms. The SMILES string of the molecule is COc1cc(C(=O)C2CC(=O)Nc3c2c(C)nn3-c2cccc(C)c2)ccc1O. The van der Waals surface area contributed by atoms with Crippen LogP contribution in [0.1, 0.15) is 39.5 Å². The Balaban J connectivity index is 1.81. The number of aromatic nitrogens is 2. The Morgan fingerprint density at radius 3 is 2.76 bits per heavy atom. The van der Waals surface area contributed by atoms with E-state index in [2.05, 4.69) is 10.4 Å². The molecule has 148 valence electrons. The maximum Gasteiger partial charge on any atom is 0.226 e. The summed E-state index contributed by atoms with van der Waals surface area (Å²) in [5, 5.41) is 17.3. The number of benzene rings is 2. The minimum atomic E-state index is -0.661. The van der Waals surface area contributed by atoms with Crippen LogP contribution in [0.25, 0.3) is 5.69 Å². The van der Waals surface area contributed by atoms with Crippen molar-refractivity contribution in [3.63, 3.8) is 0 Å². The molecular formula is C22H21N3O4. The molecule has 2 heterocycles. The number of phenols is 1. The van der Waals surface area contributed by atoms with Crippen molar-refractivity contribution in [2.45, 2.75) is 26.2 Å². The van der Waals surface area contributed by atoms with Crippen LogP contribution in [-0.2, 0) is 4.79 Å². The highest BCUT2D eigenvalue weighted by atomic mass is 16.5. The van der Waals surface area contributed by atoms with Crippen LogP contribution in [0.3, 0.4) is 0 Å². The van der Waals surface area contributed by atoms with E-state index >= 15 is 0 Å². The Kier molecular flexibility index (Phi) is 4.58. The number of phenolic OH excluding ortho intramolecular Hbond substituents is 1. The molecule has 2 N–H and O–H groups in total. The fourth-order valence-corrected chi connectivity index (χ4v) is 3.75. The normalized spacial score (nSPS) is 15.6. The van der Waals surface area contributed by atoms with Gasteiger partial charge < -0.3 is 15.2 Å². The number of nitrogens with one attached hydrogen (secondary N) is 1. The molecule has 0 aliphatic carbocycles. The van der Waals surface area contributed by atoms with Gasteiger partial charge in [0.15, 0.2) is 17.3 Å². The van der Waals surface area contributed by atoms with Crippen LogP contribution in [0.5, 0.6) is 11.5 Å². The number of Topliss-reactive ketones (excluding diaryl/α,β-unsaturated/α-hetero) is 1. The molecule has 1 atom stereocenters. The third-order valence-corrected chi connectivity index (χ3v) is 5.13. The third-order valence-electron chi connectivity index (χ3n) is 5.13. The number of aryl methyl sites for hydroxylation is 2. The van der Waals surface area contributed by atoms with Gasteiger partial charge in [-0.25, -0.2) is 4.68 Å². The number of amides is 1. The first-order valence-corrected chi connectivity index (χ1v) is 9.26. The average Bonchev–Trinajstić information content (AvgIpc) is 3.03. The standard InChI is InChI=1S/C22H21N3O4/c1-12-5-4-6-15(9-12)25-22-20(13(2)24-25)16(11-19(27)23-22)21(28)14-7-8-17(26)18(10-14)29-3/h4-10,16,26H,11H2,1-3H3,(H,23,27). The molecule has 1 aliphatic heterocycles. The molecule has 0 fully saturated rings. The Morgan fingerprint density at radius 2 is 2.03 bits per heavy atom. The van der Waals surface area contributed by atoms with E-state index in [1.54, 1.807) is 4.68 Å². The van der Waals surface area contributed by atoms with Crippen molar-refractivity contribution in [1.82, 2.24) is 9.78 Å². The first-order chi connectivity index (χ1) is 13.9. The van der Waals surface area contributed by atoms with Gasteiger partial charge in [0, 0.05) is 17.5 Å². The number of carbonyl (C=O) groups is 2. The monoisotopic (exact) mass is 391 g/mol. The van der Waals surface area contributed by atoms with Crippen LogP contribution in [0.15, 0.2) is 42.5 Å². The van der Waals surface area contributed by atoms with Crippen molar-refractivity contribution >= 4 is 17.5 Å². The molecular weight excluding hydrogens is 370 g/mol. The molecule has 7 heteroatoms. The van der Waals surface area contributed by atoms with E-state index in [0.29, 0.717) is 22.6 Å². The zero-order valence-electron chi connectivity index (χ0n) is 16.4. The molecule has 1 aromatic heterocycles. The van der Waals surface area contributed by atoms with Crippen LogP contribution in [0, 0.1) is 13.8 Å². The van der Waals surface area contributed by atoms with Crippen molar-refractivity contribution in [1.29, 1.82) is 0 Å². The van der Waals surface area contributed by atoms with Gasteiger partial charge in [-0.05, 0) is 49.7 Å². The molecule has 4 rings (SSSR count). The number of ketones is 1. The van der Waals surface area contributed by atoms with Gasteiger partial charge in [0.2, 0.25) is 5.91 Å². The predicted octanol–water partition coefficient (Wildman–Crippen LogP) is 3.51. The number of carbonyl (C=O) groups excluding carboxylic acids is 2. The van der Waals surface area contributed by atoms with Crippen LogP contribution in [0.4, 0.5) is 5.82 Å². The molecule has 1 amide bonds. The highest BCUT2D eigenvalue weighted by Crippen LogP contribution is 2.39. The third kappa shape index (κ3) is 3.24. The molecule has 1 unspecified atom stereocenters. The lowest BCUT2D eigenvalue weighted by molar-refractivity contribution is -0.116. The first kappa shape index (κ1) is 18.7. The van der Waals surface area contributed by atoms with E-state index in [1.807, 2.05) is 38.1 Å². The summed E-state index contributed by atoms with van der Waals surface area (Å²) >= 11 is 0. The van der Waals surface area contributed by atoms with Gasteiger partial charge in [-0.3, -0.25) is 9.59 Å². The lowest BCUT2D eigenvalue weighted by Crippen LogP contribution is -2.28. The number of hydrogen-bond acceptors (Lipinski definition) is 5. The molecule has 7 nitrogen and oxygen atoms in total. The van der Waals surface area contributed by atoms with Gasteiger partial charge in [-0.2, -0.15) is 5.10 Å². The van der Waals surface area contributed by atoms with E-state index in [9.17, 15) is 14.7 Å². The van der Waals surface area contributed by atoms with Crippen LogP contribution >= 0.6 is 0 Å². The number of ether oxygens (including phenoxy) is 1. The van der Waals surface area contributed by atoms with Crippen LogP contribution in [-0.4, -0.2) is 33.7 Å². The summed E-state index contributed by atoms with van der Waals surface area (Å²) in [6.45, 7) is 3.82. The van der Waals surface area contributed by atoms with E-state index in [-0.39, 0.29) is 29.6 Å². The highest BCUT2D eigenvalue weighted by molar-refractivity contribution is 6.08. The second kappa shape index (κ2) is 7.09. The molecule has 0 radical (unpaired) electrons. The highest BCUT2D eigenvalue weighted by Gasteiger charge is 2.36. The fraction of sp³-hybridized carbons (Fsp3) is 0.227. The number of aromatic hydroxyl groups is 1. The molecule has 3 aromatic rings. The van der Waals surface area contributed by atoms with Gasteiger partial charge >= 0.3 is 0 Å². The van der Waals surface area contributed by atoms with Gasteiger partial charge in [0.05, 0.1) is 24.4 Å². The number of methoxy groups -OCH3 is 1. The zero-order chi connectivity index (χ0) is 20.7. The van der Waals surface area contributed by atoms with E-state index in [4.69, 9.17) is 4.74 Å². The number of anilines is 1. The molecule has 1 aliphatic rings. The first-order valence-electron chi connectivity index (χ1n) is 9.26. The Bertz CT molecular complexity index is 1130.